The van der Waals surface area contributed by atoms with Gasteiger partial charge in [0.25, 0.3) is 0 Å². The van der Waals surface area contributed by atoms with Crippen LogP contribution in [0.2, 0.25) is 0 Å². The van der Waals surface area contributed by atoms with Gasteiger partial charge in [0.15, 0.2) is 11.0 Å². The summed E-state index contributed by atoms with van der Waals surface area (Å²) in [5, 5.41) is 12.1. The predicted molar refractivity (Wildman–Crippen MR) is 92.3 cm³/mol. The maximum Gasteiger partial charge on any atom is 0.192 e. The zero-order valence-corrected chi connectivity index (χ0v) is 14.3. The van der Waals surface area contributed by atoms with Crippen molar-refractivity contribution in [2.75, 3.05) is 0 Å². The summed E-state index contributed by atoms with van der Waals surface area (Å²) in [4.78, 5) is 1.16. The van der Waals surface area contributed by atoms with Gasteiger partial charge in [0, 0.05) is 11.3 Å². The molecule has 6 heteroatoms. The first-order chi connectivity index (χ1) is 11.2. The summed E-state index contributed by atoms with van der Waals surface area (Å²) in [7, 11) is 0. The van der Waals surface area contributed by atoms with Crippen molar-refractivity contribution in [3.05, 3.63) is 53.2 Å². The summed E-state index contributed by atoms with van der Waals surface area (Å²) >= 11 is 3.38. The number of rotatable bonds is 5. The van der Waals surface area contributed by atoms with Crippen LogP contribution in [-0.4, -0.2) is 14.8 Å². The van der Waals surface area contributed by atoms with E-state index in [1.165, 1.54) is 25.0 Å². The van der Waals surface area contributed by atoms with Crippen molar-refractivity contribution in [2.45, 2.75) is 36.2 Å². The lowest BCUT2D eigenvalue weighted by Gasteiger charge is -2.13. The van der Waals surface area contributed by atoms with Crippen LogP contribution in [0.5, 0.6) is 0 Å². The van der Waals surface area contributed by atoms with Crippen molar-refractivity contribution in [1.82, 2.24) is 14.8 Å². The number of hydrogen-bond donors (Lipinski definition) is 0. The van der Waals surface area contributed by atoms with Gasteiger partial charge in [-0.25, -0.2) is 4.39 Å². The maximum atomic E-state index is 13.1. The Labute approximate surface area is 142 Å². The molecule has 2 aromatic heterocycles. The molecule has 1 aromatic carbocycles. The van der Waals surface area contributed by atoms with E-state index in [4.69, 9.17) is 0 Å². The van der Waals surface area contributed by atoms with Gasteiger partial charge in [-0.15, -0.1) is 21.5 Å². The first-order valence-corrected chi connectivity index (χ1v) is 9.39. The average Bonchev–Trinajstić information content (AvgIpc) is 3.08. The highest BCUT2D eigenvalue weighted by Gasteiger charge is 2.31. The van der Waals surface area contributed by atoms with Crippen LogP contribution in [0.3, 0.4) is 0 Å². The van der Waals surface area contributed by atoms with Gasteiger partial charge in [-0.05, 0) is 48.9 Å². The molecule has 0 N–H and O–H groups in total. The molecular weight excluding hydrogens is 329 g/mol. The topological polar surface area (TPSA) is 30.7 Å². The molecule has 2 heterocycles. The van der Waals surface area contributed by atoms with Crippen LogP contribution in [0.4, 0.5) is 4.39 Å². The number of benzene rings is 1. The number of halogens is 1. The van der Waals surface area contributed by atoms with Crippen LogP contribution < -0.4 is 0 Å². The zero-order chi connectivity index (χ0) is 15.8. The van der Waals surface area contributed by atoms with Crippen LogP contribution in [-0.2, 0) is 0 Å². The molecule has 3 aromatic rings. The molecule has 3 nitrogen and oxygen atoms in total. The molecule has 4 rings (SSSR count). The Kier molecular flexibility index (Phi) is 3.95. The maximum absolute atomic E-state index is 13.1. The third-order valence-corrected chi connectivity index (χ3v) is 5.92. The van der Waals surface area contributed by atoms with E-state index in [1.807, 2.05) is 18.2 Å². The molecule has 118 valence electrons. The largest absolute Gasteiger partial charge is 0.298 e. The third kappa shape index (κ3) is 3.05. The predicted octanol–water partition coefficient (Wildman–Crippen LogP) is 5.33. The second-order valence-corrected chi connectivity index (χ2v) is 7.95. The minimum Gasteiger partial charge on any atom is -0.298 e. The fourth-order valence-corrected chi connectivity index (χ4v) is 4.31. The van der Waals surface area contributed by atoms with Crippen molar-refractivity contribution in [1.29, 1.82) is 0 Å². The quantitative estimate of drug-likeness (QED) is 0.585. The third-order valence-electron chi connectivity index (χ3n) is 3.94. The second-order valence-electron chi connectivity index (χ2n) is 5.70. The van der Waals surface area contributed by atoms with Gasteiger partial charge in [-0.2, -0.15) is 0 Å². The molecule has 0 amide bonds. The lowest BCUT2D eigenvalue weighted by molar-refractivity contribution is 0.627. The summed E-state index contributed by atoms with van der Waals surface area (Å²) < 4.78 is 15.4. The molecule has 1 saturated carbocycles. The zero-order valence-electron chi connectivity index (χ0n) is 12.6. The Bertz CT molecular complexity index is 792. The summed E-state index contributed by atoms with van der Waals surface area (Å²) in [6, 6.07) is 11.3. The molecule has 0 radical (unpaired) electrons. The van der Waals surface area contributed by atoms with E-state index in [0.717, 1.165) is 21.4 Å². The molecule has 0 bridgehead atoms. The standard InChI is InChI=1S/C17H16FN3S2/c1-11(12-4-6-13(18)7-5-12)23-17-20-19-16(15-3-2-10-22-15)21(17)14-8-9-14/h2-7,10-11,14H,8-9H2,1H3/t11-/m1/s1. The van der Waals surface area contributed by atoms with Gasteiger partial charge in [-0.3, -0.25) is 4.57 Å². The average molecular weight is 345 g/mol. The summed E-state index contributed by atoms with van der Waals surface area (Å²) in [5.74, 6) is 0.767. The highest BCUT2D eigenvalue weighted by Crippen LogP contribution is 2.44. The normalized spacial score (nSPS) is 15.7. The van der Waals surface area contributed by atoms with E-state index < -0.39 is 0 Å². The summed E-state index contributed by atoms with van der Waals surface area (Å²) in [5.41, 5.74) is 1.10. The lowest BCUT2D eigenvalue weighted by atomic mass is 10.2. The summed E-state index contributed by atoms with van der Waals surface area (Å²) in [6.07, 6.45) is 2.38. The van der Waals surface area contributed by atoms with Crippen LogP contribution in [0.15, 0.2) is 46.9 Å². The van der Waals surface area contributed by atoms with Crippen molar-refractivity contribution >= 4 is 23.1 Å². The number of aromatic nitrogens is 3. The van der Waals surface area contributed by atoms with Crippen LogP contribution in [0.1, 0.15) is 36.6 Å². The Hall–Kier alpha value is -1.66. The van der Waals surface area contributed by atoms with E-state index in [-0.39, 0.29) is 11.1 Å². The molecule has 0 spiro atoms. The van der Waals surface area contributed by atoms with Crippen LogP contribution >= 0.6 is 23.1 Å². The lowest BCUT2D eigenvalue weighted by Crippen LogP contribution is -2.00. The van der Waals surface area contributed by atoms with E-state index >= 15 is 0 Å². The molecule has 1 atom stereocenters. The molecule has 0 aliphatic heterocycles. The van der Waals surface area contributed by atoms with Gasteiger partial charge in [0.2, 0.25) is 0 Å². The second kappa shape index (κ2) is 6.09. The monoisotopic (exact) mass is 345 g/mol. The smallest absolute Gasteiger partial charge is 0.192 e. The summed E-state index contributed by atoms with van der Waals surface area (Å²) in [6.45, 7) is 2.12. The first-order valence-electron chi connectivity index (χ1n) is 7.63. The Balaban J connectivity index is 1.63. The van der Waals surface area contributed by atoms with E-state index in [0.29, 0.717) is 6.04 Å². The van der Waals surface area contributed by atoms with Crippen LogP contribution in [0.25, 0.3) is 10.7 Å². The molecule has 23 heavy (non-hydrogen) atoms. The minimum absolute atomic E-state index is 0.202. The number of nitrogens with zero attached hydrogens (tertiary/aromatic N) is 3. The number of hydrogen-bond acceptors (Lipinski definition) is 4. The highest BCUT2D eigenvalue weighted by molar-refractivity contribution is 7.99. The van der Waals surface area contributed by atoms with Gasteiger partial charge in [0.1, 0.15) is 5.82 Å². The van der Waals surface area contributed by atoms with Gasteiger partial charge in [0.05, 0.1) is 4.88 Å². The molecule has 1 aliphatic carbocycles. The number of thiophene rings is 1. The van der Waals surface area contributed by atoms with Gasteiger partial charge >= 0.3 is 0 Å². The fourth-order valence-electron chi connectivity index (χ4n) is 2.55. The highest BCUT2D eigenvalue weighted by atomic mass is 32.2. The molecule has 1 aliphatic rings. The van der Waals surface area contributed by atoms with Crippen molar-refractivity contribution in [3.63, 3.8) is 0 Å². The molecule has 1 fully saturated rings. The molecule has 0 saturated heterocycles. The Morgan fingerprint density at radius 2 is 2.00 bits per heavy atom. The van der Waals surface area contributed by atoms with E-state index in [9.17, 15) is 4.39 Å². The van der Waals surface area contributed by atoms with Crippen molar-refractivity contribution in [3.8, 4) is 10.7 Å². The Morgan fingerprint density at radius 3 is 2.65 bits per heavy atom. The molecular formula is C17H16FN3S2. The van der Waals surface area contributed by atoms with Gasteiger partial charge in [-0.1, -0.05) is 30.0 Å². The van der Waals surface area contributed by atoms with E-state index in [2.05, 4.69) is 33.1 Å². The minimum atomic E-state index is -0.202. The van der Waals surface area contributed by atoms with Crippen molar-refractivity contribution in [2.24, 2.45) is 0 Å². The fraction of sp³-hybridized carbons (Fsp3) is 0.294. The Morgan fingerprint density at radius 1 is 1.22 bits per heavy atom. The first kappa shape index (κ1) is 14.9. The SMILES string of the molecule is C[C@@H](Sc1nnc(-c2cccs2)n1C1CC1)c1ccc(F)cc1. The van der Waals surface area contributed by atoms with Crippen LogP contribution in [0, 0.1) is 5.82 Å². The molecule has 0 unspecified atom stereocenters. The van der Waals surface area contributed by atoms with Crippen molar-refractivity contribution < 1.29 is 4.39 Å². The van der Waals surface area contributed by atoms with Gasteiger partial charge < -0.3 is 0 Å². The van der Waals surface area contributed by atoms with E-state index in [1.54, 1.807) is 23.1 Å². The number of thioether (sulfide) groups is 1.